The average molecular weight is 278 g/mol. The molecule has 100 valence electrons. The Balaban J connectivity index is 2.54. The van der Waals surface area contributed by atoms with Crippen molar-refractivity contribution in [1.29, 1.82) is 0 Å². The smallest absolute Gasteiger partial charge is 0.341 e. The van der Waals surface area contributed by atoms with Crippen molar-refractivity contribution in [2.75, 3.05) is 0 Å². The number of pyridine rings is 1. The zero-order valence-corrected chi connectivity index (χ0v) is 11.7. The zero-order valence-electron chi connectivity index (χ0n) is 10.9. The summed E-state index contributed by atoms with van der Waals surface area (Å²) >= 11 is 1.46. The number of carboxylic acid groups (broad SMARTS) is 1. The largest absolute Gasteiger partial charge is 0.477 e. The summed E-state index contributed by atoms with van der Waals surface area (Å²) in [6, 6.07) is 1.71. The first-order valence-electron chi connectivity index (χ1n) is 5.75. The molecule has 0 aliphatic carbocycles. The maximum Gasteiger partial charge on any atom is 0.341 e. The molecular weight excluding hydrogens is 264 g/mol. The first-order valence-corrected chi connectivity index (χ1v) is 6.63. The fourth-order valence-electron chi connectivity index (χ4n) is 1.99. The van der Waals surface area contributed by atoms with Crippen LogP contribution < -0.4 is 5.56 Å². The van der Waals surface area contributed by atoms with E-state index in [1.54, 1.807) is 19.9 Å². The molecule has 0 saturated heterocycles. The summed E-state index contributed by atoms with van der Waals surface area (Å²) in [5.74, 6) is -1.19. The van der Waals surface area contributed by atoms with Gasteiger partial charge in [0.25, 0.3) is 5.56 Å². The highest BCUT2D eigenvalue weighted by Crippen LogP contribution is 2.12. The highest BCUT2D eigenvalue weighted by atomic mass is 32.1. The Hall–Kier alpha value is -1.95. The van der Waals surface area contributed by atoms with E-state index in [1.807, 2.05) is 12.3 Å². The number of carbonyl (C=O) groups is 1. The van der Waals surface area contributed by atoms with Crippen LogP contribution in [0.5, 0.6) is 0 Å². The highest BCUT2D eigenvalue weighted by Gasteiger charge is 2.17. The molecule has 5 nitrogen and oxygen atoms in total. The van der Waals surface area contributed by atoms with E-state index in [0.717, 1.165) is 16.4 Å². The second-order valence-electron chi connectivity index (χ2n) is 4.42. The van der Waals surface area contributed by atoms with Gasteiger partial charge in [-0.25, -0.2) is 9.78 Å². The summed E-state index contributed by atoms with van der Waals surface area (Å²) < 4.78 is 1.45. The first kappa shape index (κ1) is 13.5. The van der Waals surface area contributed by atoms with Crippen LogP contribution in [0, 0.1) is 20.8 Å². The van der Waals surface area contributed by atoms with Gasteiger partial charge in [-0.05, 0) is 32.4 Å². The third-order valence-electron chi connectivity index (χ3n) is 2.88. The van der Waals surface area contributed by atoms with Gasteiger partial charge in [-0.2, -0.15) is 0 Å². The molecule has 19 heavy (non-hydrogen) atoms. The maximum atomic E-state index is 12.2. The predicted molar refractivity (Wildman–Crippen MR) is 73.1 cm³/mol. The molecule has 0 fully saturated rings. The quantitative estimate of drug-likeness (QED) is 0.931. The monoisotopic (exact) mass is 278 g/mol. The normalized spacial score (nSPS) is 10.7. The molecule has 0 radical (unpaired) electrons. The number of carboxylic acids is 1. The predicted octanol–water partition coefficient (Wildman–Crippen LogP) is 1.98. The van der Waals surface area contributed by atoms with Gasteiger partial charge in [0, 0.05) is 16.8 Å². The minimum Gasteiger partial charge on any atom is -0.477 e. The van der Waals surface area contributed by atoms with E-state index in [1.165, 1.54) is 15.9 Å². The molecule has 2 heterocycles. The lowest BCUT2D eigenvalue weighted by atomic mass is 10.1. The van der Waals surface area contributed by atoms with Gasteiger partial charge in [-0.15, -0.1) is 11.3 Å². The first-order chi connectivity index (χ1) is 8.90. The second kappa shape index (κ2) is 4.97. The van der Waals surface area contributed by atoms with E-state index in [-0.39, 0.29) is 5.56 Å². The number of aromatic nitrogens is 2. The van der Waals surface area contributed by atoms with Crippen LogP contribution in [-0.2, 0) is 6.54 Å². The van der Waals surface area contributed by atoms with Gasteiger partial charge in [0.05, 0.1) is 6.54 Å². The standard InChI is InChI=1S/C13H14N2O3S/c1-7-4-9(3)15(12(16)11(7)13(17)18)5-10-14-8(2)6-19-10/h4,6H,5H2,1-3H3,(H,17,18). The van der Waals surface area contributed by atoms with Gasteiger partial charge < -0.3 is 9.67 Å². The van der Waals surface area contributed by atoms with E-state index in [9.17, 15) is 9.59 Å². The Morgan fingerprint density at radius 1 is 1.42 bits per heavy atom. The number of aryl methyl sites for hydroxylation is 3. The van der Waals surface area contributed by atoms with Crippen LogP contribution in [0.1, 0.15) is 32.3 Å². The molecule has 1 N–H and O–H groups in total. The number of nitrogens with zero attached hydrogens (tertiary/aromatic N) is 2. The molecule has 2 aromatic heterocycles. The van der Waals surface area contributed by atoms with Crippen molar-refractivity contribution in [3.63, 3.8) is 0 Å². The minimum atomic E-state index is -1.19. The van der Waals surface area contributed by atoms with E-state index in [0.29, 0.717) is 12.1 Å². The molecular formula is C13H14N2O3S. The Kier molecular flexibility index (Phi) is 3.53. The molecule has 0 aromatic carbocycles. The zero-order chi connectivity index (χ0) is 14.2. The molecule has 2 aromatic rings. The number of thiazole rings is 1. The highest BCUT2D eigenvalue weighted by molar-refractivity contribution is 7.09. The van der Waals surface area contributed by atoms with Crippen molar-refractivity contribution in [3.05, 3.63) is 49.3 Å². The Morgan fingerprint density at radius 3 is 2.63 bits per heavy atom. The van der Waals surface area contributed by atoms with Crippen LogP contribution in [0.2, 0.25) is 0 Å². The Bertz CT molecular complexity index is 700. The van der Waals surface area contributed by atoms with Crippen molar-refractivity contribution < 1.29 is 9.90 Å². The van der Waals surface area contributed by atoms with E-state index >= 15 is 0 Å². The second-order valence-corrected chi connectivity index (χ2v) is 5.37. The van der Waals surface area contributed by atoms with E-state index < -0.39 is 11.5 Å². The van der Waals surface area contributed by atoms with Gasteiger partial charge in [0.1, 0.15) is 10.6 Å². The van der Waals surface area contributed by atoms with Gasteiger partial charge in [-0.3, -0.25) is 4.79 Å². The summed E-state index contributed by atoms with van der Waals surface area (Å²) in [6.07, 6.45) is 0. The molecule has 0 bridgehead atoms. The Labute approximate surface area is 114 Å². The molecule has 0 saturated carbocycles. The SMILES string of the molecule is Cc1csc(Cn2c(C)cc(C)c(C(=O)O)c2=O)n1. The lowest BCUT2D eigenvalue weighted by molar-refractivity contribution is 0.0693. The van der Waals surface area contributed by atoms with E-state index in [2.05, 4.69) is 4.98 Å². The van der Waals surface area contributed by atoms with Crippen molar-refractivity contribution in [2.24, 2.45) is 0 Å². The molecule has 0 atom stereocenters. The summed E-state index contributed by atoms with van der Waals surface area (Å²) in [7, 11) is 0. The molecule has 0 amide bonds. The minimum absolute atomic E-state index is 0.168. The summed E-state index contributed by atoms with van der Waals surface area (Å²) in [6.45, 7) is 5.62. The Morgan fingerprint density at radius 2 is 2.11 bits per heavy atom. The average Bonchev–Trinajstić information content (AvgIpc) is 2.69. The fourth-order valence-corrected chi connectivity index (χ4v) is 2.75. The molecule has 0 unspecified atom stereocenters. The molecule has 6 heteroatoms. The third-order valence-corrected chi connectivity index (χ3v) is 3.83. The van der Waals surface area contributed by atoms with Crippen molar-refractivity contribution >= 4 is 17.3 Å². The lowest BCUT2D eigenvalue weighted by Gasteiger charge is -2.11. The number of hydrogen-bond donors (Lipinski definition) is 1. The number of aromatic carboxylic acids is 1. The molecule has 2 rings (SSSR count). The third kappa shape index (κ3) is 2.58. The van der Waals surface area contributed by atoms with Crippen LogP contribution in [0.15, 0.2) is 16.2 Å². The van der Waals surface area contributed by atoms with Crippen LogP contribution in [0.4, 0.5) is 0 Å². The molecule has 0 spiro atoms. The van der Waals surface area contributed by atoms with Crippen LogP contribution >= 0.6 is 11.3 Å². The molecule has 0 aliphatic heterocycles. The van der Waals surface area contributed by atoms with Gasteiger partial charge in [-0.1, -0.05) is 0 Å². The maximum absolute atomic E-state index is 12.2. The van der Waals surface area contributed by atoms with Crippen molar-refractivity contribution in [2.45, 2.75) is 27.3 Å². The van der Waals surface area contributed by atoms with Gasteiger partial charge in [0.2, 0.25) is 0 Å². The van der Waals surface area contributed by atoms with Gasteiger partial charge in [0.15, 0.2) is 0 Å². The van der Waals surface area contributed by atoms with Crippen LogP contribution in [-0.4, -0.2) is 20.6 Å². The van der Waals surface area contributed by atoms with Crippen LogP contribution in [0.3, 0.4) is 0 Å². The van der Waals surface area contributed by atoms with Crippen molar-refractivity contribution in [3.8, 4) is 0 Å². The fraction of sp³-hybridized carbons (Fsp3) is 0.308. The number of hydrogen-bond acceptors (Lipinski definition) is 4. The van der Waals surface area contributed by atoms with Crippen LogP contribution in [0.25, 0.3) is 0 Å². The molecule has 0 aliphatic rings. The topological polar surface area (TPSA) is 72.2 Å². The summed E-state index contributed by atoms with van der Waals surface area (Å²) in [4.78, 5) is 27.7. The number of rotatable bonds is 3. The summed E-state index contributed by atoms with van der Waals surface area (Å²) in [5, 5.41) is 11.8. The van der Waals surface area contributed by atoms with Gasteiger partial charge >= 0.3 is 5.97 Å². The summed E-state index contributed by atoms with van der Waals surface area (Å²) in [5.41, 5.74) is 1.48. The van der Waals surface area contributed by atoms with Crippen molar-refractivity contribution in [1.82, 2.24) is 9.55 Å². The lowest BCUT2D eigenvalue weighted by Crippen LogP contribution is -2.29. The van der Waals surface area contributed by atoms with E-state index in [4.69, 9.17) is 5.11 Å².